The largest absolute Gasteiger partial charge is 0.382 e. The maximum atomic E-state index is 14.3. The number of aromatic amines is 1. The number of nitrogen functional groups attached to an aromatic ring is 1. The van der Waals surface area contributed by atoms with Crippen LogP contribution in [-0.4, -0.2) is 10.2 Å². The monoisotopic (exact) mass is 321 g/mol. The number of benzene rings is 2. The van der Waals surface area contributed by atoms with Crippen molar-refractivity contribution in [2.24, 2.45) is 0 Å². The van der Waals surface area contributed by atoms with Gasteiger partial charge in [0.05, 0.1) is 16.3 Å². The maximum Gasteiger partial charge on any atom is 0.153 e. The number of nitrogens with one attached hydrogen (secondary N) is 1. The average molecular weight is 322 g/mol. The first kappa shape index (κ1) is 13.9. The van der Waals surface area contributed by atoms with E-state index in [1.54, 1.807) is 24.3 Å². The second-order valence-corrected chi connectivity index (χ2v) is 5.25. The van der Waals surface area contributed by atoms with Gasteiger partial charge in [-0.3, -0.25) is 5.10 Å². The number of anilines is 1. The summed E-state index contributed by atoms with van der Waals surface area (Å²) in [5.74, 6) is -0.355. The van der Waals surface area contributed by atoms with E-state index in [1.807, 2.05) is 12.1 Å². The first-order valence-electron chi connectivity index (χ1n) is 6.12. The normalized spacial score (nSPS) is 10.8. The Hall–Kier alpha value is -2.04. The first-order chi connectivity index (χ1) is 10.1. The molecule has 2 aromatic carbocycles. The Balaban J connectivity index is 2.28. The summed E-state index contributed by atoms with van der Waals surface area (Å²) in [4.78, 5) is 0. The molecule has 0 saturated heterocycles. The van der Waals surface area contributed by atoms with Crippen molar-refractivity contribution in [3.8, 4) is 22.4 Å². The minimum Gasteiger partial charge on any atom is -0.382 e. The quantitative estimate of drug-likeness (QED) is 0.714. The molecule has 0 aliphatic heterocycles. The highest BCUT2D eigenvalue weighted by atomic mass is 35.5. The van der Waals surface area contributed by atoms with Gasteiger partial charge in [-0.2, -0.15) is 5.10 Å². The first-order valence-corrected chi connectivity index (χ1v) is 6.88. The molecule has 0 saturated carbocycles. The third-order valence-electron chi connectivity index (χ3n) is 3.16. The fourth-order valence-corrected chi connectivity index (χ4v) is 2.59. The number of aromatic nitrogens is 2. The van der Waals surface area contributed by atoms with Gasteiger partial charge in [-0.25, -0.2) is 4.39 Å². The summed E-state index contributed by atoms with van der Waals surface area (Å²) in [6.07, 6.45) is 0. The smallest absolute Gasteiger partial charge is 0.153 e. The Morgan fingerprint density at radius 3 is 2.38 bits per heavy atom. The Bertz CT molecular complexity index is 814. The van der Waals surface area contributed by atoms with E-state index in [-0.39, 0.29) is 16.4 Å². The number of hydrogen-bond acceptors (Lipinski definition) is 2. The van der Waals surface area contributed by atoms with Crippen LogP contribution in [0.25, 0.3) is 22.4 Å². The highest BCUT2D eigenvalue weighted by Crippen LogP contribution is 2.39. The maximum absolute atomic E-state index is 14.3. The van der Waals surface area contributed by atoms with Crippen molar-refractivity contribution in [3.05, 3.63) is 58.3 Å². The number of nitrogens with zero attached hydrogens (tertiary/aromatic N) is 1. The highest BCUT2D eigenvalue weighted by Gasteiger charge is 2.20. The van der Waals surface area contributed by atoms with E-state index < -0.39 is 5.82 Å². The van der Waals surface area contributed by atoms with Crippen molar-refractivity contribution in [1.82, 2.24) is 10.2 Å². The van der Waals surface area contributed by atoms with Crippen molar-refractivity contribution in [2.75, 3.05) is 5.73 Å². The van der Waals surface area contributed by atoms with Crippen LogP contribution in [0.3, 0.4) is 0 Å². The van der Waals surface area contributed by atoms with Crippen LogP contribution in [0.2, 0.25) is 10.0 Å². The molecule has 0 amide bonds. The molecule has 0 atom stereocenters. The van der Waals surface area contributed by atoms with Gasteiger partial charge in [0.1, 0.15) is 5.82 Å². The predicted molar refractivity (Wildman–Crippen MR) is 83.9 cm³/mol. The molecule has 106 valence electrons. The van der Waals surface area contributed by atoms with Crippen molar-refractivity contribution in [3.63, 3.8) is 0 Å². The molecule has 0 bridgehead atoms. The molecule has 6 heteroatoms. The Labute approximate surface area is 130 Å². The molecule has 1 heterocycles. The van der Waals surface area contributed by atoms with E-state index >= 15 is 0 Å². The van der Waals surface area contributed by atoms with Crippen LogP contribution in [0.1, 0.15) is 0 Å². The zero-order valence-electron chi connectivity index (χ0n) is 10.7. The zero-order chi connectivity index (χ0) is 15.0. The van der Waals surface area contributed by atoms with Gasteiger partial charge in [0, 0.05) is 16.1 Å². The van der Waals surface area contributed by atoms with Crippen LogP contribution < -0.4 is 5.73 Å². The molecular weight excluding hydrogens is 312 g/mol. The van der Waals surface area contributed by atoms with Gasteiger partial charge in [0.25, 0.3) is 0 Å². The van der Waals surface area contributed by atoms with E-state index in [9.17, 15) is 4.39 Å². The van der Waals surface area contributed by atoms with E-state index in [1.165, 1.54) is 6.07 Å². The molecule has 1 aromatic heterocycles. The third kappa shape index (κ3) is 2.37. The summed E-state index contributed by atoms with van der Waals surface area (Å²) in [6.45, 7) is 0. The van der Waals surface area contributed by atoms with Crippen LogP contribution in [0.15, 0.2) is 42.5 Å². The van der Waals surface area contributed by atoms with Gasteiger partial charge in [-0.15, -0.1) is 0 Å². The predicted octanol–water partition coefficient (Wildman–Crippen LogP) is 4.77. The Morgan fingerprint density at radius 1 is 0.952 bits per heavy atom. The lowest BCUT2D eigenvalue weighted by Crippen LogP contribution is -1.92. The second-order valence-electron chi connectivity index (χ2n) is 4.44. The summed E-state index contributed by atoms with van der Waals surface area (Å²) in [6, 6.07) is 11.9. The van der Waals surface area contributed by atoms with Crippen LogP contribution in [0.5, 0.6) is 0 Å². The number of H-pyrrole nitrogens is 1. The topological polar surface area (TPSA) is 54.7 Å². The lowest BCUT2D eigenvalue weighted by molar-refractivity contribution is 0.632. The van der Waals surface area contributed by atoms with E-state index in [2.05, 4.69) is 10.2 Å². The van der Waals surface area contributed by atoms with Crippen LogP contribution in [-0.2, 0) is 0 Å². The zero-order valence-corrected chi connectivity index (χ0v) is 12.2. The SMILES string of the molecule is Nc1n[nH]c(-c2ccccc2Cl)c1-c1cccc(Cl)c1F. The summed E-state index contributed by atoms with van der Waals surface area (Å²) in [5, 5.41) is 7.32. The van der Waals surface area contributed by atoms with Crippen LogP contribution in [0, 0.1) is 5.82 Å². The number of hydrogen-bond donors (Lipinski definition) is 2. The highest BCUT2D eigenvalue weighted by molar-refractivity contribution is 6.33. The van der Waals surface area contributed by atoms with Crippen LogP contribution in [0.4, 0.5) is 10.2 Å². The Kier molecular flexibility index (Phi) is 3.57. The number of halogens is 3. The van der Waals surface area contributed by atoms with Gasteiger partial charge in [-0.1, -0.05) is 53.5 Å². The molecule has 3 N–H and O–H groups in total. The van der Waals surface area contributed by atoms with Crippen molar-refractivity contribution in [1.29, 1.82) is 0 Å². The molecular formula is C15H10Cl2FN3. The molecule has 0 fully saturated rings. The molecule has 3 rings (SSSR count). The van der Waals surface area contributed by atoms with E-state index in [0.29, 0.717) is 21.8 Å². The molecule has 0 unspecified atom stereocenters. The minimum absolute atomic E-state index is 0.0261. The van der Waals surface area contributed by atoms with Gasteiger partial charge >= 0.3 is 0 Å². The second kappa shape index (κ2) is 5.39. The van der Waals surface area contributed by atoms with Crippen molar-refractivity contribution < 1.29 is 4.39 Å². The summed E-state index contributed by atoms with van der Waals surface area (Å²) >= 11 is 12.0. The fourth-order valence-electron chi connectivity index (χ4n) is 2.18. The van der Waals surface area contributed by atoms with Crippen LogP contribution >= 0.6 is 23.2 Å². The molecule has 0 radical (unpaired) electrons. The van der Waals surface area contributed by atoms with E-state index in [4.69, 9.17) is 28.9 Å². The van der Waals surface area contributed by atoms with Crippen molar-refractivity contribution >= 4 is 29.0 Å². The average Bonchev–Trinajstić information content (AvgIpc) is 2.84. The third-order valence-corrected chi connectivity index (χ3v) is 3.78. The van der Waals surface area contributed by atoms with Gasteiger partial charge < -0.3 is 5.73 Å². The standard InChI is InChI=1S/C15H10Cl2FN3/c16-10-6-2-1-4-8(10)14-12(15(19)21-20-14)9-5-3-7-11(17)13(9)18/h1-7H,(H3,19,20,21). The molecule has 21 heavy (non-hydrogen) atoms. The Morgan fingerprint density at radius 2 is 1.62 bits per heavy atom. The summed E-state index contributed by atoms with van der Waals surface area (Å²) in [7, 11) is 0. The molecule has 0 aliphatic carbocycles. The molecule has 3 aromatic rings. The summed E-state index contributed by atoms with van der Waals surface area (Å²) < 4.78 is 14.3. The molecule has 0 spiro atoms. The lowest BCUT2D eigenvalue weighted by atomic mass is 10.0. The fraction of sp³-hybridized carbons (Fsp3) is 0. The van der Waals surface area contributed by atoms with E-state index in [0.717, 1.165) is 0 Å². The van der Waals surface area contributed by atoms with Crippen molar-refractivity contribution in [2.45, 2.75) is 0 Å². The van der Waals surface area contributed by atoms with Gasteiger partial charge in [0.15, 0.2) is 5.82 Å². The number of nitrogens with two attached hydrogens (primary N) is 1. The molecule has 0 aliphatic rings. The lowest BCUT2D eigenvalue weighted by Gasteiger charge is -2.08. The number of rotatable bonds is 2. The van der Waals surface area contributed by atoms with Gasteiger partial charge in [0.2, 0.25) is 0 Å². The summed E-state index contributed by atoms with van der Waals surface area (Å²) in [5.41, 5.74) is 7.86. The van der Waals surface area contributed by atoms with Gasteiger partial charge in [-0.05, 0) is 12.1 Å². The minimum atomic E-state index is -0.541. The molecule has 3 nitrogen and oxygen atoms in total.